The van der Waals surface area contributed by atoms with Crippen molar-refractivity contribution in [3.05, 3.63) is 12.7 Å². The summed E-state index contributed by atoms with van der Waals surface area (Å²) in [5.74, 6) is 0.335. The van der Waals surface area contributed by atoms with Crippen molar-refractivity contribution in [3.63, 3.8) is 0 Å². The van der Waals surface area contributed by atoms with Crippen LogP contribution in [-0.2, 0) is 6.54 Å². The van der Waals surface area contributed by atoms with E-state index >= 15 is 0 Å². The van der Waals surface area contributed by atoms with Crippen LogP contribution in [0, 0.1) is 5.92 Å². The molecule has 0 aromatic carbocycles. The average molecular weight is 240 g/mol. The van der Waals surface area contributed by atoms with Gasteiger partial charge < -0.3 is 10.4 Å². The fraction of sp³-hybridized carbons (Fsp3) is 0.833. The number of aromatic nitrogens is 3. The Labute approximate surface area is 103 Å². The van der Waals surface area contributed by atoms with Crippen molar-refractivity contribution in [2.45, 2.75) is 52.3 Å². The zero-order chi connectivity index (χ0) is 12.7. The number of hydrogen-bond donors (Lipinski definition) is 2. The normalized spacial score (nSPS) is 15.1. The molecule has 1 aromatic heterocycles. The van der Waals surface area contributed by atoms with Crippen LogP contribution in [0.5, 0.6) is 0 Å². The molecule has 0 saturated heterocycles. The van der Waals surface area contributed by atoms with Crippen LogP contribution in [0.25, 0.3) is 0 Å². The molecule has 0 spiro atoms. The highest BCUT2D eigenvalue weighted by molar-refractivity contribution is 4.66. The molecule has 0 fully saturated rings. The molecule has 5 nitrogen and oxygen atoms in total. The van der Waals surface area contributed by atoms with Gasteiger partial charge in [-0.05, 0) is 32.2 Å². The Morgan fingerprint density at radius 1 is 1.29 bits per heavy atom. The van der Waals surface area contributed by atoms with Crippen LogP contribution < -0.4 is 5.32 Å². The molecule has 0 aliphatic heterocycles. The maximum Gasteiger partial charge on any atom is 0.137 e. The second-order valence-corrected chi connectivity index (χ2v) is 4.90. The van der Waals surface area contributed by atoms with Crippen LogP contribution in [0.1, 0.15) is 33.6 Å². The first-order chi connectivity index (χ1) is 8.09. The van der Waals surface area contributed by atoms with Crippen molar-refractivity contribution in [2.24, 2.45) is 5.92 Å². The molecule has 5 heteroatoms. The van der Waals surface area contributed by atoms with Crippen molar-refractivity contribution < 1.29 is 5.11 Å². The van der Waals surface area contributed by atoms with Gasteiger partial charge in [0.1, 0.15) is 12.7 Å². The van der Waals surface area contributed by atoms with E-state index in [9.17, 15) is 5.11 Å². The smallest absolute Gasteiger partial charge is 0.137 e. The van der Waals surface area contributed by atoms with Crippen LogP contribution >= 0.6 is 0 Å². The van der Waals surface area contributed by atoms with Crippen molar-refractivity contribution in [2.75, 3.05) is 6.54 Å². The van der Waals surface area contributed by atoms with Gasteiger partial charge in [-0.1, -0.05) is 13.8 Å². The molecule has 17 heavy (non-hydrogen) atoms. The predicted molar refractivity (Wildman–Crippen MR) is 67.6 cm³/mol. The van der Waals surface area contributed by atoms with Crippen LogP contribution in [-0.4, -0.2) is 38.6 Å². The Kier molecular flexibility index (Phi) is 6.15. The number of aryl methyl sites for hydroxylation is 1. The highest BCUT2D eigenvalue weighted by Gasteiger charge is 2.09. The third kappa shape index (κ3) is 5.79. The number of hydrogen-bond acceptors (Lipinski definition) is 4. The fourth-order valence-electron chi connectivity index (χ4n) is 1.59. The van der Waals surface area contributed by atoms with Gasteiger partial charge in [0.25, 0.3) is 0 Å². The van der Waals surface area contributed by atoms with Gasteiger partial charge in [0.2, 0.25) is 0 Å². The third-order valence-electron chi connectivity index (χ3n) is 2.96. The van der Waals surface area contributed by atoms with Crippen molar-refractivity contribution >= 4 is 0 Å². The van der Waals surface area contributed by atoms with Gasteiger partial charge in [0, 0.05) is 12.6 Å². The second kappa shape index (κ2) is 7.40. The molecule has 1 rings (SSSR count). The molecule has 0 bridgehead atoms. The summed E-state index contributed by atoms with van der Waals surface area (Å²) in [6.45, 7) is 7.97. The zero-order valence-corrected chi connectivity index (χ0v) is 11.0. The molecule has 2 N–H and O–H groups in total. The molecular formula is C12H24N4O. The summed E-state index contributed by atoms with van der Waals surface area (Å²) in [5, 5.41) is 17.1. The molecule has 0 aliphatic carbocycles. The Morgan fingerprint density at radius 3 is 2.65 bits per heavy atom. The van der Waals surface area contributed by atoms with E-state index in [0.29, 0.717) is 12.0 Å². The van der Waals surface area contributed by atoms with E-state index < -0.39 is 0 Å². The van der Waals surface area contributed by atoms with E-state index in [1.165, 1.54) is 0 Å². The predicted octanol–water partition coefficient (Wildman–Crippen LogP) is 1.05. The topological polar surface area (TPSA) is 63.0 Å². The van der Waals surface area contributed by atoms with Crippen molar-refractivity contribution in [1.29, 1.82) is 0 Å². The molecule has 0 amide bonds. The standard InChI is InChI=1S/C12H24N4O/c1-10(2)12(17)4-6-14-11(3)5-7-16-9-13-8-15-16/h8-12,14,17H,4-7H2,1-3H3. The monoisotopic (exact) mass is 240 g/mol. The second-order valence-electron chi connectivity index (χ2n) is 4.90. The quantitative estimate of drug-likeness (QED) is 0.713. The Bertz CT molecular complexity index is 287. The third-order valence-corrected chi connectivity index (χ3v) is 2.96. The lowest BCUT2D eigenvalue weighted by atomic mass is 10.0. The average Bonchev–Trinajstić information content (AvgIpc) is 2.78. The summed E-state index contributed by atoms with van der Waals surface area (Å²) < 4.78 is 1.83. The van der Waals surface area contributed by atoms with E-state index in [1.807, 2.05) is 18.5 Å². The molecule has 0 saturated carbocycles. The fourth-order valence-corrected chi connectivity index (χ4v) is 1.59. The van der Waals surface area contributed by atoms with Gasteiger partial charge in [0.05, 0.1) is 6.10 Å². The highest BCUT2D eigenvalue weighted by atomic mass is 16.3. The number of nitrogens with one attached hydrogen (secondary N) is 1. The van der Waals surface area contributed by atoms with E-state index in [2.05, 4.69) is 22.3 Å². The van der Waals surface area contributed by atoms with Gasteiger partial charge in [-0.3, -0.25) is 4.68 Å². The molecule has 1 aromatic rings. The maximum atomic E-state index is 9.66. The largest absolute Gasteiger partial charge is 0.393 e. The summed E-state index contributed by atoms with van der Waals surface area (Å²) in [4.78, 5) is 3.90. The minimum absolute atomic E-state index is 0.204. The lowest BCUT2D eigenvalue weighted by Crippen LogP contribution is -2.31. The number of nitrogens with zero attached hydrogens (tertiary/aromatic N) is 3. The van der Waals surface area contributed by atoms with Crippen LogP contribution in [0.2, 0.25) is 0 Å². The minimum Gasteiger partial charge on any atom is -0.393 e. The minimum atomic E-state index is -0.204. The Balaban J connectivity index is 2.07. The van der Waals surface area contributed by atoms with Crippen LogP contribution in [0.15, 0.2) is 12.7 Å². The summed E-state index contributed by atoms with van der Waals surface area (Å²) in [7, 11) is 0. The summed E-state index contributed by atoms with van der Waals surface area (Å²) in [5.41, 5.74) is 0. The molecule has 0 radical (unpaired) electrons. The van der Waals surface area contributed by atoms with Gasteiger partial charge in [-0.15, -0.1) is 0 Å². The van der Waals surface area contributed by atoms with E-state index in [4.69, 9.17) is 0 Å². The van der Waals surface area contributed by atoms with E-state index in [-0.39, 0.29) is 6.10 Å². The zero-order valence-electron chi connectivity index (χ0n) is 11.0. The molecule has 2 unspecified atom stereocenters. The Morgan fingerprint density at radius 2 is 2.06 bits per heavy atom. The summed E-state index contributed by atoms with van der Waals surface area (Å²) >= 11 is 0. The molecule has 98 valence electrons. The van der Waals surface area contributed by atoms with Gasteiger partial charge in [-0.2, -0.15) is 5.10 Å². The molecule has 2 atom stereocenters. The molecule has 1 heterocycles. The summed E-state index contributed by atoms with van der Waals surface area (Å²) in [6, 6.07) is 0.429. The molecular weight excluding hydrogens is 216 g/mol. The van der Waals surface area contributed by atoms with Crippen molar-refractivity contribution in [3.8, 4) is 0 Å². The SMILES string of the molecule is CC(CCn1cncn1)NCCC(O)C(C)C. The lowest BCUT2D eigenvalue weighted by Gasteiger charge is -2.17. The first-order valence-electron chi connectivity index (χ1n) is 6.33. The number of rotatable bonds is 8. The first-order valence-corrected chi connectivity index (χ1v) is 6.33. The lowest BCUT2D eigenvalue weighted by molar-refractivity contribution is 0.115. The Hall–Kier alpha value is -0.940. The molecule has 0 aliphatic rings. The van der Waals surface area contributed by atoms with E-state index in [1.54, 1.807) is 12.7 Å². The first kappa shape index (κ1) is 14.1. The summed E-state index contributed by atoms with van der Waals surface area (Å²) in [6.07, 6.45) is 4.91. The van der Waals surface area contributed by atoms with Gasteiger partial charge in [0.15, 0.2) is 0 Å². The highest BCUT2D eigenvalue weighted by Crippen LogP contribution is 2.04. The van der Waals surface area contributed by atoms with Gasteiger partial charge in [-0.25, -0.2) is 4.98 Å². The number of aliphatic hydroxyl groups is 1. The maximum absolute atomic E-state index is 9.66. The van der Waals surface area contributed by atoms with E-state index in [0.717, 1.165) is 25.9 Å². The number of aliphatic hydroxyl groups excluding tert-OH is 1. The van der Waals surface area contributed by atoms with Crippen LogP contribution in [0.3, 0.4) is 0 Å². The van der Waals surface area contributed by atoms with Crippen molar-refractivity contribution in [1.82, 2.24) is 20.1 Å². The van der Waals surface area contributed by atoms with Gasteiger partial charge >= 0.3 is 0 Å². The van der Waals surface area contributed by atoms with Crippen LogP contribution in [0.4, 0.5) is 0 Å².